The van der Waals surface area contributed by atoms with E-state index in [2.05, 4.69) is 239 Å². The molecule has 0 bridgehead atoms. The Labute approximate surface area is 377 Å². The van der Waals surface area contributed by atoms with E-state index in [-0.39, 0.29) is 0 Å². The van der Waals surface area contributed by atoms with Crippen molar-refractivity contribution in [2.75, 3.05) is 0 Å². The van der Waals surface area contributed by atoms with E-state index in [4.69, 9.17) is 0 Å². The number of benzene rings is 10. The van der Waals surface area contributed by atoms with E-state index in [1.807, 2.05) is 6.07 Å². The number of nitrogens with zero attached hydrogens (tertiary/aromatic N) is 1. The zero-order chi connectivity index (χ0) is 43.6. The van der Waals surface area contributed by atoms with Crippen LogP contribution in [0.5, 0.6) is 0 Å². The van der Waals surface area contributed by atoms with Gasteiger partial charge in [0, 0.05) is 11.1 Å². The Kier molecular flexibility index (Phi) is 10.9. The lowest BCUT2D eigenvalue weighted by molar-refractivity contribution is 1.11. The molecule has 0 unspecified atom stereocenters. The molecule has 10 rings (SSSR count). The predicted molar refractivity (Wildman–Crippen MR) is 271 cm³/mol. The van der Waals surface area contributed by atoms with Gasteiger partial charge in [0.25, 0.3) is 0 Å². The molecule has 0 aliphatic carbocycles. The van der Waals surface area contributed by atoms with Gasteiger partial charge in [-0.15, -0.1) is 0 Å². The zero-order valence-electron chi connectivity index (χ0n) is 36.4. The van der Waals surface area contributed by atoms with Crippen molar-refractivity contribution >= 4 is 10.8 Å². The summed E-state index contributed by atoms with van der Waals surface area (Å²) in [4.78, 5) is 0. The summed E-state index contributed by atoms with van der Waals surface area (Å²) in [6.45, 7) is 6.86. The van der Waals surface area contributed by atoms with Crippen molar-refractivity contribution < 1.29 is 0 Å². The van der Waals surface area contributed by atoms with Gasteiger partial charge in [0.05, 0.1) is 5.56 Å². The molecule has 0 saturated heterocycles. The highest BCUT2D eigenvalue weighted by Crippen LogP contribution is 2.57. The van der Waals surface area contributed by atoms with Crippen LogP contribution in [0.2, 0.25) is 0 Å². The highest BCUT2D eigenvalue weighted by Gasteiger charge is 2.33. The third-order valence-corrected chi connectivity index (χ3v) is 12.9. The monoisotopic (exact) mass is 817 g/mol. The van der Waals surface area contributed by atoms with Gasteiger partial charge in [-0.1, -0.05) is 225 Å². The molecule has 0 spiro atoms. The number of hydrogen-bond acceptors (Lipinski definition) is 1. The molecule has 0 fully saturated rings. The Morgan fingerprint density at radius 3 is 1.33 bits per heavy atom. The zero-order valence-corrected chi connectivity index (χ0v) is 36.4. The van der Waals surface area contributed by atoms with E-state index >= 15 is 0 Å². The lowest BCUT2D eigenvalue weighted by Gasteiger charge is -2.31. The van der Waals surface area contributed by atoms with Crippen LogP contribution in [-0.4, -0.2) is 0 Å². The largest absolute Gasteiger partial charge is 0.192 e. The number of nitriles is 1. The Balaban J connectivity index is 1.53. The Hall–Kier alpha value is -8.05. The summed E-state index contributed by atoms with van der Waals surface area (Å²) >= 11 is 0. The summed E-state index contributed by atoms with van der Waals surface area (Å²) in [5, 5.41) is 14.1. The lowest BCUT2D eigenvalue weighted by Crippen LogP contribution is -2.08. The molecule has 1 nitrogen and oxygen atoms in total. The van der Waals surface area contributed by atoms with Crippen LogP contribution >= 0.6 is 0 Å². The van der Waals surface area contributed by atoms with Gasteiger partial charge in [-0.05, 0) is 126 Å². The fraction of sp³-hybridized carbons (Fsp3) is 0.0635. The van der Waals surface area contributed by atoms with Gasteiger partial charge in [-0.3, -0.25) is 0 Å². The summed E-state index contributed by atoms with van der Waals surface area (Å²) in [7, 11) is 0. The van der Waals surface area contributed by atoms with E-state index in [1.54, 1.807) is 0 Å². The fourth-order valence-electron chi connectivity index (χ4n) is 10.2. The average molecular weight is 818 g/mol. The molecule has 10 aromatic carbocycles. The van der Waals surface area contributed by atoms with Crippen LogP contribution in [0.3, 0.4) is 0 Å². The van der Waals surface area contributed by atoms with Gasteiger partial charge in [0.1, 0.15) is 6.07 Å². The molecule has 0 N–H and O–H groups in total. The van der Waals surface area contributed by atoms with Gasteiger partial charge in [0.15, 0.2) is 0 Å². The first-order valence-electron chi connectivity index (χ1n) is 22.2. The second-order valence-electron chi connectivity index (χ2n) is 16.5. The Morgan fingerprint density at radius 2 is 0.766 bits per heavy atom. The SMILES string of the molecule is CCc1c(C)c(-c2c(-c3ccccc3-c3ccccc3)c(C)c(-c3ccccc3)c(C#N)c2-c2ccccc2)c(-c2ccccc2)c(-c2cccc3ccccc23)c1-c1ccccc1. The van der Waals surface area contributed by atoms with Crippen molar-refractivity contribution in [1.82, 2.24) is 0 Å². The second kappa shape index (κ2) is 17.4. The average Bonchev–Trinajstić information content (AvgIpc) is 3.36. The molecule has 1 heteroatoms. The first kappa shape index (κ1) is 40.0. The lowest BCUT2D eigenvalue weighted by atomic mass is 9.71. The van der Waals surface area contributed by atoms with Crippen LogP contribution in [-0.2, 0) is 6.42 Å². The van der Waals surface area contributed by atoms with Gasteiger partial charge >= 0.3 is 0 Å². The molecule has 0 aliphatic heterocycles. The van der Waals surface area contributed by atoms with Crippen LogP contribution in [0.1, 0.15) is 29.2 Å². The fourth-order valence-corrected chi connectivity index (χ4v) is 10.2. The molecule has 304 valence electrons. The number of hydrogen-bond donors (Lipinski definition) is 0. The van der Waals surface area contributed by atoms with Crippen LogP contribution in [0.25, 0.3) is 99.8 Å². The van der Waals surface area contributed by atoms with Crippen molar-refractivity contribution in [3.8, 4) is 95.1 Å². The molecule has 0 radical (unpaired) electrons. The van der Waals surface area contributed by atoms with Gasteiger partial charge in [0.2, 0.25) is 0 Å². The second-order valence-corrected chi connectivity index (χ2v) is 16.5. The number of rotatable bonds is 9. The Morgan fingerprint density at radius 1 is 0.328 bits per heavy atom. The summed E-state index contributed by atoms with van der Waals surface area (Å²) in [5.74, 6) is 0. The van der Waals surface area contributed by atoms with Gasteiger partial charge < -0.3 is 0 Å². The van der Waals surface area contributed by atoms with Crippen LogP contribution in [0.4, 0.5) is 0 Å². The van der Waals surface area contributed by atoms with Crippen molar-refractivity contribution in [3.63, 3.8) is 0 Å². The molecule has 0 saturated carbocycles. The maximum Gasteiger partial charge on any atom is 0.100 e. The highest BCUT2D eigenvalue weighted by atomic mass is 14.4. The molecule has 0 aromatic heterocycles. The smallest absolute Gasteiger partial charge is 0.100 e. The minimum atomic E-state index is 0.668. The molecule has 64 heavy (non-hydrogen) atoms. The third kappa shape index (κ3) is 6.91. The molecule has 0 heterocycles. The van der Waals surface area contributed by atoms with Crippen molar-refractivity contribution in [1.29, 1.82) is 5.26 Å². The minimum Gasteiger partial charge on any atom is -0.192 e. The first-order valence-corrected chi connectivity index (χ1v) is 22.2. The molecule has 0 atom stereocenters. The summed E-state index contributed by atoms with van der Waals surface area (Å²) in [6, 6.07) is 80.9. The molecule has 0 aliphatic rings. The van der Waals surface area contributed by atoms with E-state index < -0.39 is 0 Å². The summed E-state index contributed by atoms with van der Waals surface area (Å²) in [5.41, 5.74) is 21.9. The maximum absolute atomic E-state index is 11.8. The van der Waals surface area contributed by atoms with E-state index in [0.717, 1.165) is 78.7 Å². The maximum atomic E-state index is 11.8. The quantitative estimate of drug-likeness (QED) is 0.142. The normalized spacial score (nSPS) is 11.1. The number of fused-ring (bicyclic) bond motifs is 1. The van der Waals surface area contributed by atoms with E-state index in [0.29, 0.717) is 5.56 Å². The molecule has 0 amide bonds. The third-order valence-electron chi connectivity index (χ3n) is 12.9. The predicted octanol–water partition coefficient (Wildman–Crippen LogP) is 17.2. The molecular formula is C63H47N. The molecular weight excluding hydrogens is 771 g/mol. The van der Waals surface area contributed by atoms with Crippen molar-refractivity contribution in [3.05, 3.63) is 241 Å². The van der Waals surface area contributed by atoms with Crippen LogP contribution in [0.15, 0.2) is 218 Å². The van der Waals surface area contributed by atoms with E-state index in [1.165, 1.54) is 44.2 Å². The van der Waals surface area contributed by atoms with Crippen LogP contribution < -0.4 is 0 Å². The summed E-state index contributed by atoms with van der Waals surface area (Å²) < 4.78 is 0. The van der Waals surface area contributed by atoms with Crippen LogP contribution in [0, 0.1) is 25.2 Å². The van der Waals surface area contributed by atoms with Gasteiger partial charge in [-0.25, -0.2) is 0 Å². The molecule has 10 aromatic rings. The minimum absolute atomic E-state index is 0.668. The van der Waals surface area contributed by atoms with Crippen molar-refractivity contribution in [2.45, 2.75) is 27.2 Å². The summed E-state index contributed by atoms with van der Waals surface area (Å²) in [6.07, 6.45) is 0.804. The topological polar surface area (TPSA) is 23.8 Å². The first-order chi connectivity index (χ1) is 31.6. The van der Waals surface area contributed by atoms with Crippen molar-refractivity contribution in [2.24, 2.45) is 0 Å². The van der Waals surface area contributed by atoms with Gasteiger partial charge in [-0.2, -0.15) is 5.26 Å². The Bertz CT molecular complexity index is 3340. The highest BCUT2D eigenvalue weighted by molar-refractivity contribution is 6.15. The van der Waals surface area contributed by atoms with E-state index in [9.17, 15) is 5.26 Å². The standard InChI is InChI=1S/C63H47N/c1-4-50-42(2)58(61(49-34-18-9-19-35-49)62(59(50)47-30-14-7-15-31-47)54-40-24-36-45-27-20-21-37-52(45)54)63-57(53-39-23-22-38-51(53)44-25-10-5-11-26-44)43(3)56(46-28-12-6-13-29-46)55(41-64)60(63)48-32-16-8-17-33-48/h5-40H,4H2,1-3H3.